The number of anilines is 3. The van der Waals surface area contributed by atoms with Crippen molar-refractivity contribution in [1.29, 1.82) is 0 Å². The Bertz CT molecular complexity index is 2510. The van der Waals surface area contributed by atoms with E-state index in [9.17, 15) is 0 Å². The fourth-order valence-corrected chi connectivity index (χ4v) is 8.01. The molecule has 0 radical (unpaired) electrons. The Kier molecular flexibility index (Phi) is 7.35. The molecule has 4 heterocycles. The van der Waals surface area contributed by atoms with E-state index < -0.39 is 0 Å². The Morgan fingerprint density at radius 2 is 1.54 bits per heavy atom. The molecule has 0 saturated carbocycles. The number of fused-ring (bicyclic) bond motifs is 8. The molecule has 0 unspecified atom stereocenters. The van der Waals surface area contributed by atoms with Crippen LogP contribution in [-0.2, 0) is 26.5 Å². The van der Waals surface area contributed by atoms with Crippen molar-refractivity contribution in [2.24, 2.45) is 0 Å². The zero-order chi connectivity index (χ0) is 31.9. The van der Waals surface area contributed by atoms with Crippen LogP contribution in [0.3, 0.4) is 0 Å². The summed E-state index contributed by atoms with van der Waals surface area (Å²) in [5.41, 5.74) is 6.48. The van der Waals surface area contributed by atoms with E-state index in [0.29, 0.717) is 11.5 Å². The van der Waals surface area contributed by atoms with Crippen molar-refractivity contribution in [3.63, 3.8) is 0 Å². The van der Waals surface area contributed by atoms with E-state index in [1.807, 2.05) is 35.7 Å². The van der Waals surface area contributed by atoms with Crippen LogP contribution >= 0.6 is 11.3 Å². The first kappa shape index (κ1) is 30.7. The molecule has 0 aliphatic carbocycles. The van der Waals surface area contributed by atoms with Crippen LogP contribution < -0.4 is 14.5 Å². The van der Waals surface area contributed by atoms with Crippen molar-refractivity contribution < 1.29 is 25.8 Å². The second-order valence-corrected chi connectivity index (χ2v) is 14.1. The molecule has 5 aromatic carbocycles. The van der Waals surface area contributed by atoms with Crippen LogP contribution in [0.5, 0.6) is 11.5 Å². The maximum atomic E-state index is 6.48. The van der Waals surface area contributed by atoms with Gasteiger partial charge in [-0.15, -0.1) is 52.7 Å². The summed E-state index contributed by atoms with van der Waals surface area (Å²) >= 11 is 1.84. The Hall–Kier alpha value is -4.64. The summed E-state index contributed by atoms with van der Waals surface area (Å²) in [6.07, 6.45) is 1.90. The van der Waals surface area contributed by atoms with E-state index in [-0.39, 0.29) is 26.5 Å². The molecule has 1 aliphatic rings. The largest absolute Gasteiger partial charge is 0.509 e. The van der Waals surface area contributed by atoms with E-state index in [2.05, 4.69) is 146 Å². The van der Waals surface area contributed by atoms with Crippen LogP contribution in [0.2, 0.25) is 0 Å². The fourth-order valence-electron chi connectivity index (χ4n) is 6.72. The number of para-hydroxylation sites is 1. The van der Waals surface area contributed by atoms with E-state index in [4.69, 9.17) is 9.72 Å². The van der Waals surface area contributed by atoms with Crippen LogP contribution in [0.15, 0.2) is 109 Å². The number of benzene rings is 5. The van der Waals surface area contributed by atoms with Crippen molar-refractivity contribution in [2.45, 2.75) is 26.2 Å². The zero-order valence-corrected chi connectivity index (χ0v) is 30.0. The van der Waals surface area contributed by atoms with Gasteiger partial charge in [0.25, 0.3) is 0 Å². The summed E-state index contributed by atoms with van der Waals surface area (Å²) in [5.74, 6) is 2.11. The van der Waals surface area contributed by atoms with Gasteiger partial charge in [0, 0.05) is 71.1 Å². The Balaban J connectivity index is 0.00000336. The second kappa shape index (κ2) is 11.5. The summed E-state index contributed by atoms with van der Waals surface area (Å²) in [4.78, 5) is 9.20. The molecule has 0 bridgehead atoms. The quantitative estimate of drug-likeness (QED) is 0.166. The molecule has 5 nitrogen and oxygen atoms in total. The first-order valence-corrected chi connectivity index (χ1v) is 16.6. The molecule has 48 heavy (non-hydrogen) atoms. The fraction of sp³-hybridized carbons (Fsp3) is 0.122. The molecule has 0 fully saturated rings. The minimum absolute atomic E-state index is 0. The van der Waals surface area contributed by atoms with Gasteiger partial charge in [0.1, 0.15) is 5.82 Å². The maximum Gasteiger partial charge on any atom is 0.135 e. The smallest absolute Gasteiger partial charge is 0.135 e. The molecule has 9 rings (SSSR count). The molecule has 1 aliphatic heterocycles. The van der Waals surface area contributed by atoms with Gasteiger partial charge in [-0.2, -0.15) is 18.8 Å². The van der Waals surface area contributed by atoms with Crippen LogP contribution in [0.1, 0.15) is 26.3 Å². The van der Waals surface area contributed by atoms with Crippen molar-refractivity contribution in [3.8, 4) is 17.3 Å². The first-order chi connectivity index (χ1) is 22.8. The molecule has 7 heteroatoms. The van der Waals surface area contributed by atoms with Gasteiger partial charge in [-0.1, -0.05) is 68.8 Å². The third-order valence-corrected chi connectivity index (χ3v) is 10.2. The van der Waals surface area contributed by atoms with Crippen LogP contribution in [0.4, 0.5) is 17.1 Å². The molecular weight excluding hydrogens is 792 g/mol. The minimum Gasteiger partial charge on any atom is -0.509 e. The normalized spacial score (nSPS) is 13.1. The van der Waals surface area contributed by atoms with Crippen molar-refractivity contribution in [1.82, 2.24) is 9.55 Å². The number of hydrogen-bond donors (Lipinski definition) is 0. The number of pyridine rings is 1. The maximum absolute atomic E-state index is 6.48. The SMILES string of the molecule is CN1[CH-]N(c2[c-]c(Oc3[c-]c4c(cc3)c3ccccc3n4-c3cc(C(C)(C)C)ccn3)ccc2)c2ccc3c(sc4ccccc43)c21.[Pt]. The van der Waals surface area contributed by atoms with Gasteiger partial charge in [-0.25, -0.2) is 4.98 Å². The van der Waals surface area contributed by atoms with Gasteiger partial charge in [0.05, 0.1) is 4.70 Å². The van der Waals surface area contributed by atoms with E-state index in [1.54, 1.807) is 0 Å². The number of aromatic nitrogens is 2. The Labute approximate surface area is 298 Å². The predicted octanol–water partition coefficient (Wildman–Crippen LogP) is 10.9. The number of ether oxygens (including phenoxy) is 1. The number of rotatable bonds is 4. The van der Waals surface area contributed by atoms with Crippen LogP contribution in [0.25, 0.3) is 47.8 Å². The molecule has 0 saturated heterocycles. The second-order valence-electron chi connectivity index (χ2n) is 13.1. The summed E-state index contributed by atoms with van der Waals surface area (Å²) in [6.45, 7) is 8.80. The van der Waals surface area contributed by atoms with Gasteiger partial charge in [-0.3, -0.25) is 0 Å². The van der Waals surface area contributed by atoms with E-state index in [0.717, 1.165) is 39.0 Å². The summed E-state index contributed by atoms with van der Waals surface area (Å²) in [7, 11) is 2.11. The molecule has 0 amide bonds. The zero-order valence-electron chi connectivity index (χ0n) is 26.9. The Morgan fingerprint density at radius 3 is 2.40 bits per heavy atom. The van der Waals surface area contributed by atoms with E-state index in [1.165, 1.54) is 31.4 Å². The number of nitrogens with zero attached hydrogens (tertiary/aromatic N) is 4. The molecular formula is C41H31N4OPtS-3. The van der Waals surface area contributed by atoms with Crippen LogP contribution in [0, 0.1) is 18.8 Å². The average Bonchev–Trinajstić information content (AvgIpc) is 3.73. The molecule has 0 N–H and O–H groups in total. The molecule has 240 valence electrons. The Morgan fingerprint density at radius 1 is 0.771 bits per heavy atom. The van der Waals surface area contributed by atoms with Gasteiger partial charge >= 0.3 is 0 Å². The van der Waals surface area contributed by atoms with Gasteiger partial charge in [0.15, 0.2) is 0 Å². The first-order valence-electron chi connectivity index (χ1n) is 15.8. The standard InChI is InChI=1S/C41H31N4OS.Pt/c1-41(2,3)26-20-21-42-38(22-26)45-34-14-7-5-12-30(34)31-17-16-29(24-36(31)45)46-28-11-9-10-27(23-28)44-25-43(4)39-35(44)19-18-33-32-13-6-8-15-37(32)47-40(33)39;/h5-22,25H,1-4H3;/q-3;. The minimum atomic E-state index is 0. The van der Waals surface area contributed by atoms with Gasteiger partial charge < -0.3 is 19.1 Å². The molecule has 0 spiro atoms. The molecule has 3 aromatic heterocycles. The van der Waals surface area contributed by atoms with Gasteiger partial charge in [-0.05, 0) is 53.7 Å². The van der Waals surface area contributed by atoms with Gasteiger partial charge in [0.2, 0.25) is 0 Å². The average molecular weight is 823 g/mol. The number of hydrogen-bond acceptors (Lipinski definition) is 5. The molecule has 0 atom stereocenters. The number of thiophene rings is 1. The topological polar surface area (TPSA) is 33.5 Å². The summed E-state index contributed by atoms with van der Waals surface area (Å²) in [6, 6.07) is 43.0. The van der Waals surface area contributed by atoms with Crippen molar-refractivity contribution in [2.75, 3.05) is 16.8 Å². The summed E-state index contributed by atoms with van der Waals surface area (Å²) in [5, 5.41) is 4.85. The third kappa shape index (κ3) is 4.89. The van der Waals surface area contributed by atoms with Crippen LogP contribution in [-0.4, -0.2) is 16.6 Å². The third-order valence-electron chi connectivity index (χ3n) is 9.03. The monoisotopic (exact) mass is 822 g/mol. The molecule has 8 aromatic rings. The van der Waals surface area contributed by atoms with Crippen molar-refractivity contribution >= 4 is 70.4 Å². The van der Waals surface area contributed by atoms with E-state index >= 15 is 0 Å². The summed E-state index contributed by atoms with van der Waals surface area (Å²) < 4.78 is 11.3. The predicted molar refractivity (Wildman–Crippen MR) is 196 cm³/mol. The van der Waals surface area contributed by atoms with Crippen molar-refractivity contribution in [3.05, 3.63) is 134 Å².